The summed E-state index contributed by atoms with van der Waals surface area (Å²) in [5.74, 6) is 0.205. The van der Waals surface area contributed by atoms with E-state index in [-0.39, 0.29) is 31.7 Å². The van der Waals surface area contributed by atoms with Gasteiger partial charge in [0.05, 0.1) is 18.8 Å². The Hall–Kier alpha value is -4.05. The summed E-state index contributed by atoms with van der Waals surface area (Å²) >= 11 is 0. The van der Waals surface area contributed by atoms with Crippen molar-refractivity contribution in [2.24, 2.45) is 0 Å². The quantitative estimate of drug-likeness (QED) is 0.487. The number of fused-ring (bicyclic) bond motifs is 1. The van der Waals surface area contributed by atoms with Gasteiger partial charge >= 0.3 is 11.8 Å². The van der Waals surface area contributed by atoms with Gasteiger partial charge in [-0.3, -0.25) is 14.5 Å². The average molecular weight is 495 g/mol. The maximum Gasteiger partial charge on any atom is 0.309 e. The summed E-state index contributed by atoms with van der Waals surface area (Å²) in [6.07, 6.45) is 1.51. The molecular weight excluding hydrogens is 467 g/mol. The minimum atomic E-state index is -0.725. The predicted molar refractivity (Wildman–Crippen MR) is 129 cm³/mol. The number of halogens is 1. The van der Waals surface area contributed by atoms with E-state index in [1.54, 1.807) is 24.3 Å². The first kappa shape index (κ1) is 23.7. The molecule has 10 heteroatoms. The van der Waals surface area contributed by atoms with Crippen molar-refractivity contribution in [1.29, 1.82) is 0 Å². The smallest absolute Gasteiger partial charge is 0.309 e. The highest BCUT2D eigenvalue weighted by Crippen LogP contribution is 2.35. The van der Waals surface area contributed by atoms with Gasteiger partial charge in [0.15, 0.2) is 11.5 Å². The lowest BCUT2D eigenvalue weighted by atomic mass is 10.0. The Morgan fingerprint density at radius 1 is 0.917 bits per heavy atom. The molecular formula is C26H27FN4O5. The van der Waals surface area contributed by atoms with E-state index in [0.29, 0.717) is 17.3 Å². The Balaban J connectivity index is 1.25. The molecule has 0 aliphatic carbocycles. The number of benzene rings is 2. The zero-order chi connectivity index (χ0) is 24.9. The summed E-state index contributed by atoms with van der Waals surface area (Å²) < 4.78 is 29.5. The molecule has 0 bridgehead atoms. The summed E-state index contributed by atoms with van der Waals surface area (Å²) in [5, 5.41) is 5.34. The van der Waals surface area contributed by atoms with Crippen LogP contribution in [-0.2, 0) is 16.1 Å². The number of amides is 2. The monoisotopic (exact) mass is 494 g/mol. The van der Waals surface area contributed by atoms with Crippen LogP contribution in [0.3, 0.4) is 0 Å². The summed E-state index contributed by atoms with van der Waals surface area (Å²) in [4.78, 5) is 29.3. The molecule has 3 aromatic rings. The van der Waals surface area contributed by atoms with E-state index in [1.165, 1.54) is 18.4 Å². The van der Waals surface area contributed by atoms with Gasteiger partial charge in [-0.25, -0.2) is 4.39 Å². The number of furan rings is 1. The summed E-state index contributed by atoms with van der Waals surface area (Å²) in [7, 11) is 0. The van der Waals surface area contributed by atoms with Gasteiger partial charge in [-0.1, -0.05) is 6.07 Å². The van der Waals surface area contributed by atoms with Crippen LogP contribution < -0.4 is 25.0 Å². The van der Waals surface area contributed by atoms with Crippen LogP contribution in [-0.4, -0.2) is 56.2 Å². The van der Waals surface area contributed by atoms with Crippen molar-refractivity contribution < 1.29 is 27.9 Å². The zero-order valence-corrected chi connectivity index (χ0v) is 19.6. The third-order valence-electron chi connectivity index (χ3n) is 6.39. The average Bonchev–Trinajstić information content (AvgIpc) is 3.60. The molecule has 1 atom stereocenters. The van der Waals surface area contributed by atoms with Crippen molar-refractivity contribution in [1.82, 2.24) is 15.5 Å². The van der Waals surface area contributed by atoms with Gasteiger partial charge in [0, 0.05) is 38.4 Å². The third kappa shape index (κ3) is 5.44. The zero-order valence-electron chi connectivity index (χ0n) is 19.6. The maximum absolute atomic E-state index is 13.3. The number of hydrogen-bond donors (Lipinski definition) is 2. The van der Waals surface area contributed by atoms with Crippen molar-refractivity contribution in [2.45, 2.75) is 12.6 Å². The largest absolute Gasteiger partial charge is 0.467 e. The number of carbonyl (C=O) groups is 2. The molecule has 9 nitrogen and oxygen atoms in total. The lowest BCUT2D eigenvalue weighted by Gasteiger charge is -2.40. The Morgan fingerprint density at radius 2 is 1.67 bits per heavy atom. The summed E-state index contributed by atoms with van der Waals surface area (Å²) in [6, 6.07) is 15.5. The molecule has 188 valence electrons. The van der Waals surface area contributed by atoms with Crippen LogP contribution in [0, 0.1) is 5.82 Å². The van der Waals surface area contributed by atoms with Crippen molar-refractivity contribution in [3.05, 3.63) is 78.0 Å². The third-order valence-corrected chi connectivity index (χ3v) is 6.39. The molecule has 36 heavy (non-hydrogen) atoms. The Bertz CT molecular complexity index is 1190. The van der Waals surface area contributed by atoms with Gasteiger partial charge in [0.2, 0.25) is 6.79 Å². The highest BCUT2D eigenvalue weighted by atomic mass is 19.1. The van der Waals surface area contributed by atoms with E-state index in [1.807, 2.05) is 18.2 Å². The van der Waals surface area contributed by atoms with Gasteiger partial charge < -0.3 is 29.4 Å². The summed E-state index contributed by atoms with van der Waals surface area (Å²) in [6.45, 7) is 3.47. The number of nitrogens with one attached hydrogen (secondary N) is 2. The number of hydrogen-bond acceptors (Lipinski definition) is 7. The standard InChI is InChI=1S/C26H27FN4O5/c27-19-4-6-20(7-5-19)30-9-11-31(12-10-30)22(18-3-8-23-24(14-18)36-17-35-23)16-29-26(33)25(32)28-15-21-2-1-13-34-21/h1-8,13-14,22H,9-12,15-17H2,(H,28,32)(H,29,33)/t22-/m0/s1. The SMILES string of the molecule is O=C(NCc1ccco1)C(=O)NC[C@@H](c1ccc2c(c1)OCO2)N1CCN(c2ccc(F)cc2)CC1. The maximum atomic E-state index is 13.3. The molecule has 0 unspecified atom stereocenters. The van der Waals surface area contributed by atoms with Crippen LogP contribution >= 0.6 is 0 Å². The molecule has 3 heterocycles. The van der Waals surface area contributed by atoms with Gasteiger partial charge in [0.25, 0.3) is 0 Å². The Morgan fingerprint density at radius 3 is 2.42 bits per heavy atom. The lowest BCUT2D eigenvalue weighted by molar-refractivity contribution is -0.139. The molecule has 5 rings (SSSR count). The van der Waals surface area contributed by atoms with Crippen LogP contribution in [0.25, 0.3) is 0 Å². The molecule has 1 saturated heterocycles. The molecule has 2 amide bonds. The Kier molecular flexibility index (Phi) is 7.03. The molecule has 2 aliphatic rings. The predicted octanol–water partition coefficient (Wildman–Crippen LogP) is 2.44. The van der Waals surface area contributed by atoms with E-state index in [2.05, 4.69) is 20.4 Å². The number of nitrogens with zero attached hydrogens (tertiary/aromatic N) is 2. The van der Waals surface area contributed by atoms with Crippen LogP contribution in [0.15, 0.2) is 65.3 Å². The second kappa shape index (κ2) is 10.7. The first-order valence-electron chi connectivity index (χ1n) is 11.8. The fourth-order valence-corrected chi connectivity index (χ4v) is 4.45. The number of piperazine rings is 1. The number of ether oxygens (including phenoxy) is 2. The van der Waals surface area contributed by atoms with Gasteiger partial charge in [-0.05, 0) is 54.1 Å². The molecule has 2 N–H and O–H groups in total. The minimum Gasteiger partial charge on any atom is -0.467 e. The van der Waals surface area contributed by atoms with E-state index in [0.717, 1.165) is 37.4 Å². The second-order valence-electron chi connectivity index (χ2n) is 8.60. The molecule has 0 spiro atoms. The van der Waals surface area contributed by atoms with Crippen molar-refractivity contribution in [3.63, 3.8) is 0 Å². The molecule has 1 aromatic heterocycles. The van der Waals surface area contributed by atoms with E-state index >= 15 is 0 Å². The summed E-state index contributed by atoms with van der Waals surface area (Å²) in [5.41, 5.74) is 1.92. The first-order chi connectivity index (χ1) is 17.6. The van der Waals surface area contributed by atoms with Gasteiger partial charge in [-0.2, -0.15) is 0 Å². The molecule has 1 fully saturated rings. The van der Waals surface area contributed by atoms with Gasteiger partial charge in [-0.15, -0.1) is 0 Å². The highest BCUT2D eigenvalue weighted by Gasteiger charge is 2.28. The number of anilines is 1. The second-order valence-corrected chi connectivity index (χ2v) is 8.60. The Labute approximate surface area is 207 Å². The number of carbonyl (C=O) groups excluding carboxylic acids is 2. The van der Waals surface area contributed by atoms with Crippen molar-refractivity contribution in [3.8, 4) is 11.5 Å². The fraction of sp³-hybridized carbons (Fsp3) is 0.308. The normalized spacial score (nSPS) is 16.0. The minimum absolute atomic E-state index is 0.135. The van der Waals surface area contributed by atoms with Crippen molar-refractivity contribution in [2.75, 3.05) is 44.4 Å². The van der Waals surface area contributed by atoms with Gasteiger partial charge in [0.1, 0.15) is 11.6 Å². The van der Waals surface area contributed by atoms with Crippen LogP contribution in [0.2, 0.25) is 0 Å². The number of rotatable bonds is 7. The van der Waals surface area contributed by atoms with Crippen LogP contribution in [0.5, 0.6) is 11.5 Å². The fourth-order valence-electron chi connectivity index (χ4n) is 4.45. The molecule has 0 radical (unpaired) electrons. The molecule has 0 saturated carbocycles. The van der Waals surface area contributed by atoms with E-state index < -0.39 is 11.8 Å². The highest BCUT2D eigenvalue weighted by molar-refractivity contribution is 6.35. The van der Waals surface area contributed by atoms with Crippen molar-refractivity contribution >= 4 is 17.5 Å². The lowest BCUT2D eigenvalue weighted by Crippen LogP contribution is -2.50. The van der Waals surface area contributed by atoms with Crippen LogP contribution in [0.1, 0.15) is 17.4 Å². The van der Waals surface area contributed by atoms with E-state index in [4.69, 9.17) is 13.9 Å². The topological polar surface area (TPSA) is 96.3 Å². The first-order valence-corrected chi connectivity index (χ1v) is 11.8. The molecule has 2 aliphatic heterocycles. The van der Waals surface area contributed by atoms with E-state index in [9.17, 15) is 14.0 Å². The van der Waals surface area contributed by atoms with Crippen LogP contribution in [0.4, 0.5) is 10.1 Å². The molecule has 2 aromatic carbocycles.